The first-order valence-electron chi connectivity index (χ1n) is 7.08. The van der Waals surface area contributed by atoms with Gasteiger partial charge in [-0.2, -0.15) is 0 Å². The van der Waals surface area contributed by atoms with Crippen LogP contribution >= 0.6 is 0 Å². The highest BCUT2D eigenvalue weighted by Gasteiger charge is 2.31. The standard InChI is InChI=1S/C15H20N2O3/c1-15(6-3-8-19-10-15)17-14(18)11-4-2-5-12-13(11)20-9-7-16-12/h2,4-5,16H,3,6-10H2,1H3,(H,17,18). The lowest BCUT2D eigenvalue weighted by atomic mass is 9.94. The third-order valence-electron chi connectivity index (χ3n) is 3.78. The minimum Gasteiger partial charge on any atom is -0.489 e. The first-order chi connectivity index (χ1) is 9.68. The molecule has 2 N–H and O–H groups in total. The summed E-state index contributed by atoms with van der Waals surface area (Å²) in [5, 5.41) is 6.33. The SMILES string of the molecule is CC1(NC(=O)c2cccc3c2OCCN3)CCCOC1. The van der Waals surface area contributed by atoms with Crippen LogP contribution in [0.1, 0.15) is 30.1 Å². The normalized spacial score (nSPS) is 25.1. The Hall–Kier alpha value is -1.75. The van der Waals surface area contributed by atoms with E-state index in [0.29, 0.717) is 24.5 Å². The number of fused-ring (bicyclic) bond motifs is 1. The molecular weight excluding hydrogens is 256 g/mol. The molecule has 108 valence electrons. The number of benzene rings is 1. The topological polar surface area (TPSA) is 59.6 Å². The van der Waals surface area contributed by atoms with E-state index in [1.807, 2.05) is 19.1 Å². The first kappa shape index (κ1) is 13.2. The van der Waals surface area contributed by atoms with Crippen LogP contribution in [0.3, 0.4) is 0 Å². The lowest BCUT2D eigenvalue weighted by Crippen LogP contribution is -2.51. The molecular formula is C15H20N2O3. The number of hydrogen-bond donors (Lipinski definition) is 2. The summed E-state index contributed by atoms with van der Waals surface area (Å²) in [7, 11) is 0. The second kappa shape index (κ2) is 5.32. The summed E-state index contributed by atoms with van der Waals surface area (Å²) in [6.45, 7) is 4.71. The first-order valence-corrected chi connectivity index (χ1v) is 7.08. The molecule has 1 unspecified atom stereocenters. The Morgan fingerprint density at radius 3 is 3.10 bits per heavy atom. The van der Waals surface area contributed by atoms with Gasteiger partial charge in [0.15, 0.2) is 5.75 Å². The number of ether oxygens (including phenoxy) is 2. The molecule has 0 aromatic heterocycles. The number of para-hydroxylation sites is 1. The Morgan fingerprint density at radius 2 is 2.30 bits per heavy atom. The average molecular weight is 276 g/mol. The Bertz CT molecular complexity index is 510. The van der Waals surface area contributed by atoms with Crippen LogP contribution in [0, 0.1) is 0 Å². The molecule has 1 aromatic carbocycles. The highest BCUT2D eigenvalue weighted by Crippen LogP contribution is 2.31. The summed E-state index contributed by atoms with van der Waals surface area (Å²) >= 11 is 0. The third kappa shape index (κ3) is 2.58. The molecule has 0 radical (unpaired) electrons. The van der Waals surface area contributed by atoms with Gasteiger partial charge in [0.2, 0.25) is 0 Å². The molecule has 2 aliphatic heterocycles. The summed E-state index contributed by atoms with van der Waals surface area (Å²) in [5.41, 5.74) is 1.18. The Balaban J connectivity index is 1.80. The molecule has 0 bridgehead atoms. The predicted octanol–water partition coefficient (Wildman–Crippen LogP) is 1.79. The van der Waals surface area contributed by atoms with E-state index in [1.165, 1.54) is 0 Å². The van der Waals surface area contributed by atoms with Crippen molar-refractivity contribution in [2.24, 2.45) is 0 Å². The zero-order valence-electron chi connectivity index (χ0n) is 11.7. The Labute approximate surface area is 118 Å². The minimum atomic E-state index is -0.292. The van der Waals surface area contributed by atoms with Crippen molar-refractivity contribution in [2.45, 2.75) is 25.3 Å². The van der Waals surface area contributed by atoms with E-state index in [-0.39, 0.29) is 11.4 Å². The van der Waals surface area contributed by atoms with Gasteiger partial charge >= 0.3 is 0 Å². The van der Waals surface area contributed by atoms with Crippen molar-refractivity contribution < 1.29 is 14.3 Å². The number of nitrogens with one attached hydrogen (secondary N) is 2. The van der Waals surface area contributed by atoms with E-state index in [2.05, 4.69) is 10.6 Å². The fraction of sp³-hybridized carbons (Fsp3) is 0.533. The maximum absolute atomic E-state index is 12.5. The van der Waals surface area contributed by atoms with E-state index >= 15 is 0 Å². The van der Waals surface area contributed by atoms with Crippen molar-refractivity contribution >= 4 is 11.6 Å². The zero-order chi connectivity index (χ0) is 14.0. The monoisotopic (exact) mass is 276 g/mol. The van der Waals surface area contributed by atoms with Gasteiger partial charge in [-0.1, -0.05) is 6.07 Å². The second-order valence-electron chi connectivity index (χ2n) is 5.63. The summed E-state index contributed by atoms with van der Waals surface area (Å²) in [6.07, 6.45) is 1.91. The largest absolute Gasteiger partial charge is 0.489 e. The summed E-state index contributed by atoms with van der Waals surface area (Å²) in [6, 6.07) is 5.60. The van der Waals surface area contributed by atoms with E-state index < -0.39 is 0 Å². The minimum absolute atomic E-state index is 0.0986. The fourth-order valence-corrected chi connectivity index (χ4v) is 2.72. The van der Waals surface area contributed by atoms with Gasteiger partial charge in [-0.15, -0.1) is 0 Å². The molecule has 1 aromatic rings. The molecule has 1 fully saturated rings. The van der Waals surface area contributed by atoms with Crippen molar-refractivity contribution in [1.82, 2.24) is 5.32 Å². The Kier molecular flexibility index (Phi) is 3.53. The number of hydrogen-bond acceptors (Lipinski definition) is 4. The molecule has 1 atom stereocenters. The van der Waals surface area contributed by atoms with Crippen LogP contribution in [0.2, 0.25) is 0 Å². The van der Waals surface area contributed by atoms with Crippen LogP contribution in [0.4, 0.5) is 5.69 Å². The van der Waals surface area contributed by atoms with Gasteiger partial charge in [-0.3, -0.25) is 4.79 Å². The summed E-state index contributed by atoms with van der Waals surface area (Å²) < 4.78 is 11.1. The molecule has 5 nitrogen and oxygen atoms in total. The van der Waals surface area contributed by atoms with Crippen molar-refractivity contribution in [3.63, 3.8) is 0 Å². The molecule has 20 heavy (non-hydrogen) atoms. The van der Waals surface area contributed by atoms with E-state index in [4.69, 9.17) is 9.47 Å². The van der Waals surface area contributed by atoms with Gasteiger partial charge in [0.1, 0.15) is 6.61 Å². The molecule has 2 heterocycles. The molecule has 0 saturated carbocycles. The second-order valence-corrected chi connectivity index (χ2v) is 5.63. The van der Waals surface area contributed by atoms with Crippen LogP contribution in [0.5, 0.6) is 5.75 Å². The predicted molar refractivity (Wildman–Crippen MR) is 76.4 cm³/mol. The Morgan fingerprint density at radius 1 is 1.40 bits per heavy atom. The lowest BCUT2D eigenvalue weighted by molar-refractivity contribution is 0.0272. The summed E-state index contributed by atoms with van der Waals surface area (Å²) in [5.74, 6) is 0.551. The number of anilines is 1. The van der Waals surface area contributed by atoms with E-state index in [9.17, 15) is 4.79 Å². The quantitative estimate of drug-likeness (QED) is 0.864. The van der Waals surface area contributed by atoms with Crippen molar-refractivity contribution in [3.05, 3.63) is 23.8 Å². The number of carbonyl (C=O) groups excluding carboxylic acids is 1. The number of carbonyl (C=O) groups is 1. The van der Waals surface area contributed by atoms with Crippen LogP contribution in [0.25, 0.3) is 0 Å². The van der Waals surface area contributed by atoms with Crippen LogP contribution in [0.15, 0.2) is 18.2 Å². The van der Waals surface area contributed by atoms with Gasteiger partial charge in [0.05, 0.1) is 23.4 Å². The zero-order valence-corrected chi connectivity index (χ0v) is 11.7. The maximum Gasteiger partial charge on any atom is 0.255 e. The van der Waals surface area contributed by atoms with Gasteiger partial charge in [-0.25, -0.2) is 0 Å². The molecule has 1 saturated heterocycles. The number of rotatable bonds is 2. The highest BCUT2D eigenvalue weighted by atomic mass is 16.5. The van der Waals surface area contributed by atoms with Gasteiger partial charge in [0.25, 0.3) is 5.91 Å². The average Bonchev–Trinajstić information content (AvgIpc) is 2.47. The maximum atomic E-state index is 12.5. The van der Waals surface area contributed by atoms with Gasteiger partial charge in [0, 0.05) is 13.2 Å². The van der Waals surface area contributed by atoms with Crippen molar-refractivity contribution in [2.75, 3.05) is 31.7 Å². The smallest absolute Gasteiger partial charge is 0.255 e. The molecule has 0 spiro atoms. The molecule has 5 heteroatoms. The van der Waals surface area contributed by atoms with Crippen molar-refractivity contribution in [3.8, 4) is 5.75 Å². The molecule has 3 rings (SSSR count). The van der Waals surface area contributed by atoms with Gasteiger partial charge < -0.3 is 20.1 Å². The van der Waals surface area contributed by atoms with Crippen molar-refractivity contribution in [1.29, 1.82) is 0 Å². The molecule has 0 aliphatic carbocycles. The van der Waals surface area contributed by atoms with E-state index in [0.717, 1.165) is 31.7 Å². The van der Waals surface area contributed by atoms with Crippen LogP contribution in [-0.2, 0) is 4.74 Å². The van der Waals surface area contributed by atoms with E-state index in [1.54, 1.807) is 6.07 Å². The lowest BCUT2D eigenvalue weighted by Gasteiger charge is -2.34. The summed E-state index contributed by atoms with van der Waals surface area (Å²) in [4.78, 5) is 12.5. The highest BCUT2D eigenvalue weighted by molar-refractivity contribution is 5.99. The molecule has 1 amide bonds. The molecule has 2 aliphatic rings. The third-order valence-corrected chi connectivity index (χ3v) is 3.78. The fourth-order valence-electron chi connectivity index (χ4n) is 2.72. The van der Waals surface area contributed by atoms with Crippen LogP contribution in [-0.4, -0.2) is 37.8 Å². The number of amides is 1. The van der Waals surface area contributed by atoms with Gasteiger partial charge in [-0.05, 0) is 31.9 Å². The van der Waals surface area contributed by atoms with Crippen LogP contribution < -0.4 is 15.4 Å².